The molecule has 0 saturated heterocycles. The van der Waals surface area contributed by atoms with Gasteiger partial charge in [0, 0.05) is 18.8 Å². The molecule has 1 N–H and O–H groups in total. The van der Waals surface area contributed by atoms with Crippen molar-refractivity contribution in [3.63, 3.8) is 0 Å². The van der Waals surface area contributed by atoms with Crippen molar-refractivity contribution in [2.45, 2.75) is 32.7 Å². The second kappa shape index (κ2) is 8.58. The highest BCUT2D eigenvalue weighted by molar-refractivity contribution is 5.88. The Morgan fingerprint density at radius 3 is 2.52 bits per heavy atom. The van der Waals surface area contributed by atoms with Gasteiger partial charge < -0.3 is 5.32 Å². The molecule has 0 amide bonds. The summed E-state index contributed by atoms with van der Waals surface area (Å²) in [5.41, 5.74) is 4.11. The first-order valence-electron chi connectivity index (χ1n) is 9.04. The topological polar surface area (TPSA) is 42.0 Å². The first kappa shape index (κ1) is 18.8. The second-order valence-corrected chi connectivity index (χ2v) is 6.74. The van der Waals surface area contributed by atoms with E-state index < -0.39 is 6.04 Å². The highest BCUT2D eigenvalue weighted by atomic mass is 19.1. The lowest BCUT2D eigenvalue weighted by Gasteiger charge is -2.22. The summed E-state index contributed by atoms with van der Waals surface area (Å²) in [6.45, 7) is 3.80. The molecule has 2 aromatic carbocycles. The Morgan fingerprint density at radius 2 is 1.81 bits per heavy atom. The molecule has 3 rings (SSSR count). The van der Waals surface area contributed by atoms with E-state index in [4.69, 9.17) is 0 Å². The SMILES string of the molecule is Cc1ccc(NC(C(=O)CCc2ccncc2)c2ccccc2C)c(F)c1. The Labute approximate surface area is 159 Å². The highest BCUT2D eigenvalue weighted by Crippen LogP contribution is 2.27. The van der Waals surface area contributed by atoms with Gasteiger partial charge in [-0.2, -0.15) is 0 Å². The fourth-order valence-corrected chi connectivity index (χ4v) is 3.10. The number of aryl methyl sites for hydroxylation is 3. The number of nitrogens with one attached hydrogen (secondary N) is 1. The average molecular weight is 362 g/mol. The molecule has 1 aromatic heterocycles. The van der Waals surface area contributed by atoms with E-state index in [0.717, 1.165) is 22.3 Å². The molecule has 0 fully saturated rings. The van der Waals surface area contributed by atoms with Crippen LogP contribution < -0.4 is 5.32 Å². The van der Waals surface area contributed by atoms with Gasteiger partial charge in [-0.15, -0.1) is 0 Å². The molecule has 3 nitrogen and oxygen atoms in total. The number of benzene rings is 2. The predicted octanol–water partition coefficient (Wildman–Crippen LogP) is 5.19. The zero-order chi connectivity index (χ0) is 19.2. The van der Waals surface area contributed by atoms with Crippen molar-refractivity contribution in [2.24, 2.45) is 0 Å². The van der Waals surface area contributed by atoms with E-state index in [0.29, 0.717) is 18.5 Å². The van der Waals surface area contributed by atoms with Crippen LogP contribution >= 0.6 is 0 Å². The number of hydrogen-bond donors (Lipinski definition) is 1. The van der Waals surface area contributed by atoms with Gasteiger partial charge in [-0.3, -0.25) is 9.78 Å². The van der Waals surface area contributed by atoms with Crippen LogP contribution in [0, 0.1) is 19.7 Å². The molecule has 0 aliphatic heterocycles. The molecule has 1 unspecified atom stereocenters. The predicted molar refractivity (Wildman–Crippen MR) is 106 cm³/mol. The Morgan fingerprint density at radius 1 is 1.07 bits per heavy atom. The minimum absolute atomic E-state index is 0.0288. The number of halogens is 1. The number of carbonyl (C=O) groups is 1. The molecule has 1 atom stereocenters. The van der Waals surface area contributed by atoms with E-state index in [2.05, 4.69) is 10.3 Å². The Bertz CT molecular complexity index is 925. The van der Waals surface area contributed by atoms with Gasteiger partial charge in [0.1, 0.15) is 11.9 Å². The summed E-state index contributed by atoms with van der Waals surface area (Å²) in [6, 6.07) is 15.9. The van der Waals surface area contributed by atoms with Crippen LogP contribution in [0.15, 0.2) is 67.0 Å². The maximum Gasteiger partial charge on any atom is 0.159 e. The smallest absolute Gasteiger partial charge is 0.159 e. The van der Waals surface area contributed by atoms with Crippen LogP contribution in [0.1, 0.15) is 34.7 Å². The fraction of sp³-hybridized carbons (Fsp3) is 0.217. The quantitative estimate of drug-likeness (QED) is 0.629. The van der Waals surface area contributed by atoms with E-state index in [1.807, 2.05) is 56.3 Å². The van der Waals surface area contributed by atoms with Gasteiger partial charge in [-0.05, 0) is 66.8 Å². The van der Waals surface area contributed by atoms with E-state index in [1.54, 1.807) is 18.5 Å². The van der Waals surface area contributed by atoms with Crippen LogP contribution in [-0.2, 0) is 11.2 Å². The molecule has 0 spiro atoms. The summed E-state index contributed by atoms with van der Waals surface area (Å²) in [5, 5.41) is 3.13. The van der Waals surface area contributed by atoms with Gasteiger partial charge in [-0.1, -0.05) is 30.3 Å². The third-order valence-electron chi connectivity index (χ3n) is 4.66. The number of ketones is 1. The number of anilines is 1. The molecule has 0 saturated carbocycles. The Balaban J connectivity index is 1.85. The zero-order valence-electron chi connectivity index (χ0n) is 15.6. The third kappa shape index (κ3) is 4.79. The molecule has 4 heteroatoms. The van der Waals surface area contributed by atoms with Crippen LogP contribution in [0.2, 0.25) is 0 Å². The van der Waals surface area contributed by atoms with Crippen LogP contribution in [0.25, 0.3) is 0 Å². The summed E-state index contributed by atoms with van der Waals surface area (Å²) in [6.07, 6.45) is 4.43. The minimum Gasteiger partial charge on any atom is -0.369 e. The van der Waals surface area contributed by atoms with Gasteiger partial charge in [0.15, 0.2) is 5.78 Å². The normalized spacial score (nSPS) is 11.8. The Kier molecular flexibility index (Phi) is 5.97. The number of pyridine rings is 1. The largest absolute Gasteiger partial charge is 0.369 e. The lowest BCUT2D eigenvalue weighted by atomic mass is 9.94. The van der Waals surface area contributed by atoms with E-state index in [1.165, 1.54) is 6.07 Å². The van der Waals surface area contributed by atoms with Crippen LogP contribution in [-0.4, -0.2) is 10.8 Å². The molecule has 27 heavy (non-hydrogen) atoms. The van der Waals surface area contributed by atoms with Crippen LogP contribution in [0.5, 0.6) is 0 Å². The first-order valence-corrected chi connectivity index (χ1v) is 9.04. The van der Waals surface area contributed by atoms with Gasteiger partial charge in [0.25, 0.3) is 0 Å². The lowest BCUT2D eigenvalue weighted by molar-refractivity contribution is -0.119. The summed E-state index contributed by atoms with van der Waals surface area (Å²) in [5.74, 6) is -0.323. The van der Waals surface area contributed by atoms with Crippen molar-refractivity contribution in [2.75, 3.05) is 5.32 Å². The van der Waals surface area contributed by atoms with Crippen LogP contribution in [0.3, 0.4) is 0 Å². The van der Waals surface area contributed by atoms with E-state index in [-0.39, 0.29) is 11.6 Å². The maximum absolute atomic E-state index is 14.4. The van der Waals surface area contributed by atoms with Crippen molar-refractivity contribution >= 4 is 11.5 Å². The van der Waals surface area contributed by atoms with Crippen molar-refractivity contribution in [1.82, 2.24) is 4.98 Å². The number of nitrogens with zero attached hydrogens (tertiary/aromatic N) is 1. The summed E-state index contributed by atoms with van der Waals surface area (Å²) < 4.78 is 14.4. The molecular formula is C23H23FN2O. The second-order valence-electron chi connectivity index (χ2n) is 6.74. The summed E-state index contributed by atoms with van der Waals surface area (Å²) in [4.78, 5) is 17.1. The van der Waals surface area contributed by atoms with Crippen molar-refractivity contribution in [3.05, 3.63) is 95.1 Å². The Hall–Kier alpha value is -3.01. The average Bonchev–Trinajstić information content (AvgIpc) is 2.67. The number of hydrogen-bond acceptors (Lipinski definition) is 3. The van der Waals surface area contributed by atoms with Crippen molar-refractivity contribution in [3.8, 4) is 0 Å². The number of carbonyl (C=O) groups excluding carboxylic acids is 1. The van der Waals surface area contributed by atoms with Gasteiger partial charge in [-0.25, -0.2) is 4.39 Å². The van der Waals surface area contributed by atoms with Gasteiger partial charge >= 0.3 is 0 Å². The number of rotatable bonds is 7. The maximum atomic E-state index is 14.4. The zero-order valence-corrected chi connectivity index (χ0v) is 15.6. The minimum atomic E-state index is -0.592. The van der Waals surface area contributed by atoms with E-state index in [9.17, 15) is 9.18 Å². The molecular weight excluding hydrogens is 339 g/mol. The fourth-order valence-electron chi connectivity index (χ4n) is 3.10. The first-order chi connectivity index (χ1) is 13.0. The molecule has 138 valence electrons. The van der Waals surface area contributed by atoms with Crippen molar-refractivity contribution < 1.29 is 9.18 Å². The molecule has 1 heterocycles. The summed E-state index contributed by atoms with van der Waals surface area (Å²) in [7, 11) is 0. The lowest BCUT2D eigenvalue weighted by Crippen LogP contribution is -2.23. The molecule has 0 radical (unpaired) electrons. The van der Waals surface area contributed by atoms with Gasteiger partial charge in [0.05, 0.1) is 5.69 Å². The third-order valence-corrected chi connectivity index (χ3v) is 4.66. The van der Waals surface area contributed by atoms with Crippen molar-refractivity contribution in [1.29, 1.82) is 0 Å². The monoisotopic (exact) mass is 362 g/mol. The highest BCUT2D eigenvalue weighted by Gasteiger charge is 2.22. The molecule has 3 aromatic rings. The van der Waals surface area contributed by atoms with Crippen LogP contribution in [0.4, 0.5) is 10.1 Å². The standard InChI is InChI=1S/C23H23FN2O/c1-16-7-9-21(20(24)15-16)26-23(19-6-4-3-5-17(19)2)22(27)10-8-18-11-13-25-14-12-18/h3-7,9,11-15,23,26H,8,10H2,1-2H3. The molecule has 0 aliphatic rings. The number of Topliss-reactive ketones (excluding diaryl/α,β-unsaturated/α-hetero) is 1. The number of aromatic nitrogens is 1. The molecule has 0 aliphatic carbocycles. The molecule has 0 bridgehead atoms. The van der Waals surface area contributed by atoms with Gasteiger partial charge in [0.2, 0.25) is 0 Å². The van der Waals surface area contributed by atoms with E-state index >= 15 is 0 Å². The summed E-state index contributed by atoms with van der Waals surface area (Å²) >= 11 is 0.